The van der Waals surface area contributed by atoms with Crippen LogP contribution < -0.4 is 10.5 Å². The Morgan fingerprint density at radius 1 is 1.35 bits per heavy atom. The number of hydrogen-bond donors (Lipinski definition) is 3. The van der Waals surface area contributed by atoms with Crippen LogP contribution >= 0.6 is 15.9 Å². The molecule has 1 saturated carbocycles. The Kier molecular flexibility index (Phi) is 4.68. The largest absolute Gasteiger partial charge is 0.398 e. The average molecular weight is 367 g/mol. The third kappa shape index (κ3) is 3.30. The van der Waals surface area contributed by atoms with Gasteiger partial charge in [0.15, 0.2) is 0 Å². The highest BCUT2D eigenvalue weighted by molar-refractivity contribution is 9.10. The molecular formula is C12H16BrFN2O3S. The highest BCUT2D eigenvalue weighted by atomic mass is 79.9. The molecule has 1 aromatic rings. The Hall–Kier alpha value is -0.700. The van der Waals surface area contributed by atoms with Gasteiger partial charge >= 0.3 is 0 Å². The Labute approximate surface area is 125 Å². The Balaban J connectivity index is 2.28. The average Bonchev–Trinajstić information content (AvgIpc) is 2.36. The first-order chi connectivity index (χ1) is 9.31. The number of hydrogen-bond acceptors (Lipinski definition) is 4. The summed E-state index contributed by atoms with van der Waals surface area (Å²) in [7, 11) is -4.05. The van der Waals surface area contributed by atoms with Crippen LogP contribution in [0.3, 0.4) is 0 Å². The maximum atomic E-state index is 13.8. The van der Waals surface area contributed by atoms with Gasteiger partial charge in [0, 0.05) is 16.2 Å². The highest BCUT2D eigenvalue weighted by Gasteiger charge is 2.29. The van der Waals surface area contributed by atoms with Crippen LogP contribution in [-0.2, 0) is 10.0 Å². The summed E-state index contributed by atoms with van der Waals surface area (Å²) in [6.45, 7) is 0. The van der Waals surface area contributed by atoms with E-state index in [1.165, 1.54) is 0 Å². The SMILES string of the molecule is Nc1cc(S(=O)(=O)NC2CCCCC2O)c(F)cc1Br. The third-order valence-electron chi connectivity index (χ3n) is 3.38. The van der Waals surface area contributed by atoms with Crippen molar-refractivity contribution in [2.24, 2.45) is 0 Å². The molecule has 0 spiro atoms. The van der Waals surface area contributed by atoms with Crippen molar-refractivity contribution in [2.75, 3.05) is 5.73 Å². The topological polar surface area (TPSA) is 92.4 Å². The number of benzene rings is 1. The van der Waals surface area contributed by atoms with Gasteiger partial charge in [0.1, 0.15) is 10.7 Å². The number of aliphatic hydroxyl groups excluding tert-OH is 1. The van der Waals surface area contributed by atoms with E-state index >= 15 is 0 Å². The molecule has 2 atom stereocenters. The fourth-order valence-electron chi connectivity index (χ4n) is 2.26. The lowest BCUT2D eigenvalue weighted by molar-refractivity contribution is 0.101. The predicted molar refractivity (Wildman–Crippen MR) is 77.1 cm³/mol. The molecule has 1 aliphatic rings. The molecule has 2 rings (SSSR count). The van der Waals surface area contributed by atoms with Crippen LogP contribution in [0.15, 0.2) is 21.5 Å². The minimum atomic E-state index is -4.05. The zero-order valence-electron chi connectivity index (χ0n) is 10.6. The smallest absolute Gasteiger partial charge is 0.243 e. The van der Waals surface area contributed by atoms with Gasteiger partial charge in [-0.25, -0.2) is 17.5 Å². The monoisotopic (exact) mass is 366 g/mol. The van der Waals surface area contributed by atoms with Crippen molar-refractivity contribution >= 4 is 31.6 Å². The molecule has 0 radical (unpaired) electrons. The number of aliphatic hydroxyl groups is 1. The van der Waals surface area contributed by atoms with Crippen molar-refractivity contribution in [3.8, 4) is 0 Å². The summed E-state index contributed by atoms with van der Waals surface area (Å²) >= 11 is 3.03. The maximum Gasteiger partial charge on any atom is 0.243 e. The first kappa shape index (κ1) is 15.7. The minimum Gasteiger partial charge on any atom is -0.398 e. The second kappa shape index (κ2) is 5.97. The van der Waals surface area contributed by atoms with Gasteiger partial charge < -0.3 is 10.8 Å². The van der Waals surface area contributed by atoms with Gasteiger partial charge in [-0.1, -0.05) is 12.8 Å². The third-order valence-corrected chi connectivity index (χ3v) is 5.57. The molecule has 112 valence electrons. The van der Waals surface area contributed by atoms with Gasteiger partial charge in [0.05, 0.1) is 6.10 Å². The van der Waals surface area contributed by atoms with Gasteiger partial charge in [-0.2, -0.15) is 0 Å². The summed E-state index contributed by atoms with van der Waals surface area (Å²) in [5.74, 6) is -0.885. The lowest BCUT2D eigenvalue weighted by Gasteiger charge is -2.28. The van der Waals surface area contributed by atoms with Crippen molar-refractivity contribution in [3.05, 3.63) is 22.4 Å². The van der Waals surface area contributed by atoms with E-state index < -0.39 is 32.9 Å². The van der Waals surface area contributed by atoms with Crippen molar-refractivity contribution in [3.63, 3.8) is 0 Å². The molecule has 8 heteroatoms. The number of nitrogens with two attached hydrogens (primary N) is 1. The molecule has 20 heavy (non-hydrogen) atoms. The zero-order valence-corrected chi connectivity index (χ0v) is 13.0. The molecule has 5 nitrogen and oxygen atoms in total. The molecule has 1 fully saturated rings. The molecule has 0 heterocycles. The second-order valence-electron chi connectivity index (χ2n) is 4.88. The molecule has 2 unspecified atom stereocenters. The fourth-order valence-corrected chi connectivity index (χ4v) is 3.98. The summed E-state index contributed by atoms with van der Waals surface area (Å²) < 4.78 is 40.9. The first-order valence-electron chi connectivity index (χ1n) is 6.26. The summed E-state index contributed by atoms with van der Waals surface area (Å²) in [4.78, 5) is -0.504. The number of rotatable bonds is 3. The van der Waals surface area contributed by atoms with Crippen LogP contribution in [0.4, 0.5) is 10.1 Å². The number of nitrogen functional groups attached to an aromatic ring is 1. The molecular weight excluding hydrogens is 351 g/mol. The fraction of sp³-hybridized carbons (Fsp3) is 0.500. The lowest BCUT2D eigenvalue weighted by atomic mass is 9.93. The van der Waals surface area contributed by atoms with E-state index in [1.54, 1.807) is 0 Å². The van der Waals surface area contributed by atoms with Crippen molar-refractivity contribution < 1.29 is 17.9 Å². The Morgan fingerprint density at radius 3 is 2.65 bits per heavy atom. The normalized spacial score (nSPS) is 23.8. The van der Waals surface area contributed by atoms with Gasteiger partial charge in [-0.05, 0) is 40.9 Å². The van der Waals surface area contributed by atoms with Gasteiger partial charge in [0.25, 0.3) is 0 Å². The number of sulfonamides is 1. The predicted octanol–water partition coefficient (Wildman–Crippen LogP) is 1.75. The van der Waals surface area contributed by atoms with Gasteiger partial charge in [-0.3, -0.25) is 0 Å². The number of nitrogens with one attached hydrogen (secondary N) is 1. The van der Waals surface area contributed by atoms with Crippen molar-refractivity contribution in [2.45, 2.75) is 42.7 Å². The molecule has 0 aromatic heterocycles. The molecule has 1 aliphatic carbocycles. The summed E-state index contributed by atoms with van der Waals surface area (Å²) in [6, 6.07) is 1.50. The van der Waals surface area contributed by atoms with E-state index in [0.29, 0.717) is 17.3 Å². The Bertz CT molecular complexity index is 609. The van der Waals surface area contributed by atoms with Crippen molar-refractivity contribution in [1.29, 1.82) is 0 Å². The lowest BCUT2D eigenvalue weighted by Crippen LogP contribution is -2.45. The van der Waals surface area contributed by atoms with Crippen molar-refractivity contribution in [1.82, 2.24) is 4.72 Å². The number of anilines is 1. The summed E-state index contributed by atoms with van der Waals surface area (Å²) in [5.41, 5.74) is 5.73. The molecule has 0 amide bonds. The first-order valence-corrected chi connectivity index (χ1v) is 8.54. The number of halogens is 2. The van der Waals surface area contributed by atoms with E-state index in [0.717, 1.165) is 25.0 Å². The van der Waals surface area contributed by atoms with Crippen LogP contribution in [0, 0.1) is 5.82 Å². The van der Waals surface area contributed by atoms with E-state index in [9.17, 15) is 17.9 Å². The summed E-state index contributed by atoms with van der Waals surface area (Å²) in [5, 5.41) is 9.79. The minimum absolute atomic E-state index is 0.135. The van der Waals surface area contributed by atoms with E-state index in [4.69, 9.17) is 5.73 Å². The Morgan fingerprint density at radius 2 is 2.00 bits per heavy atom. The van der Waals surface area contributed by atoms with Crippen LogP contribution in [0.1, 0.15) is 25.7 Å². The quantitative estimate of drug-likeness (QED) is 0.710. The van der Waals surface area contributed by atoms with Crippen LogP contribution in [0.25, 0.3) is 0 Å². The van der Waals surface area contributed by atoms with E-state index in [2.05, 4.69) is 20.7 Å². The molecule has 0 bridgehead atoms. The zero-order chi connectivity index (χ0) is 14.9. The van der Waals surface area contributed by atoms with Gasteiger partial charge in [0.2, 0.25) is 10.0 Å². The molecule has 1 aromatic carbocycles. The molecule has 0 aliphatic heterocycles. The molecule has 4 N–H and O–H groups in total. The molecule has 0 saturated heterocycles. The van der Waals surface area contributed by atoms with E-state index in [1.807, 2.05) is 0 Å². The highest BCUT2D eigenvalue weighted by Crippen LogP contribution is 2.27. The second-order valence-corrected chi connectivity index (χ2v) is 7.42. The van der Waals surface area contributed by atoms with Crippen LogP contribution in [0.2, 0.25) is 0 Å². The summed E-state index contributed by atoms with van der Waals surface area (Å²) in [6.07, 6.45) is 2.02. The van der Waals surface area contributed by atoms with Crippen LogP contribution in [-0.4, -0.2) is 25.7 Å². The van der Waals surface area contributed by atoms with E-state index in [-0.39, 0.29) is 5.69 Å². The van der Waals surface area contributed by atoms with Gasteiger partial charge in [-0.15, -0.1) is 0 Å². The standard InChI is InChI=1S/C12H16BrFN2O3S/c13-7-5-8(14)12(6-9(7)15)20(18,19)16-10-3-1-2-4-11(10)17/h5-6,10-11,16-17H,1-4,15H2. The van der Waals surface area contributed by atoms with Crippen LogP contribution in [0.5, 0.6) is 0 Å². The maximum absolute atomic E-state index is 13.8.